The highest BCUT2D eigenvalue weighted by Gasteiger charge is 2.26. The number of rotatable bonds is 3. The average molecular weight is 313 g/mol. The van der Waals surface area contributed by atoms with Crippen LogP contribution in [-0.2, 0) is 4.74 Å². The number of nitrogens with zero attached hydrogens (tertiary/aromatic N) is 1. The number of carboxylic acid groups (broad SMARTS) is 1. The largest absolute Gasteiger partial charge is 0.478 e. The van der Waals surface area contributed by atoms with Gasteiger partial charge in [-0.2, -0.15) is 0 Å². The van der Waals surface area contributed by atoms with Crippen molar-refractivity contribution in [2.45, 2.75) is 19.4 Å². The van der Waals surface area contributed by atoms with E-state index in [1.165, 1.54) is 18.2 Å². The summed E-state index contributed by atoms with van der Waals surface area (Å²) in [5, 5.41) is 12.1. The van der Waals surface area contributed by atoms with E-state index in [9.17, 15) is 9.59 Å². The highest BCUT2D eigenvalue weighted by atomic mass is 35.5. The first-order valence-corrected chi connectivity index (χ1v) is 7.09. The van der Waals surface area contributed by atoms with Crippen molar-refractivity contribution in [3.8, 4) is 0 Å². The van der Waals surface area contributed by atoms with Crippen LogP contribution in [0.1, 0.15) is 23.7 Å². The second-order valence-electron chi connectivity index (χ2n) is 4.76. The van der Waals surface area contributed by atoms with Crippen LogP contribution in [-0.4, -0.2) is 47.8 Å². The lowest BCUT2D eigenvalue weighted by molar-refractivity contribution is 0.0144. The van der Waals surface area contributed by atoms with Gasteiger partial charge in [0.05, 0.1) is 30.5 Å². The Labute approximate surface area is 127 Å². The van der Waals surface area contributed by atoms with Gasteiger partial charge in [-0.25, -0.2) is 9.59 Å². The summed E-state index contributed by atoms with van der Waals surface area (Å²) in [6.07, 6.45) is 0.773. The molecular weight excluding hydrogens is 296 g/mol. The summed E-state index contributed by atoms with van der Waals surface area (Å²) >= 11 is 5.87. The monoisotopic (exact) mass is 312 g/mol. The molecule has 1 fully saturated rings. The van der Waals surface area contributed by atoms with Crippen LogP contribution in [0.15, 0.2) is 18.2 Å². The zero-order chi connectivity index (χ0) is 15.4. The van der Waals surface area contributed by atoms with Crippen molar-refractivity contribution in [2.75, 3.05) is 25.1 Å². The number of anilines is 1. The van der Waals surface area contributed by atoms with E-state index in [4.69, 9.17) is 21.4 Å². The molecule has 2 rings (SSSR count). The van der Waals surface area contributed by atoms with Crippen LogP contribution < -0.4 is 5.32 Å². The third-order valence-corrected chi connectivity index (χ3v) is 3.65. The Balaban J connectivity index is 2.18. The van der Waals surface area contributed by atoms with Crippen molar-refractivity contribution in [3.05, 3.63) is 28.8 Å². The molecule has 1 aromatic carbocycles. The first-order chi connectivity index (χ1) is 10.0. The minimum absolute atomic E-state index is 0.00814. The highest BCUT2D eigenvalue weighted by Crippen LogP contribution is 2.22. The van der Waals surface area contributed by atoms with Crippen molar-refractivity contribution in [1.82, 2.24) is 4.90 Å². The number of urea groups is 1. The lowest BCUT2D eigenvalue weighted by atomic mass is 10.1. The van der Waals surface area contributed by atoms with Crippen molar-refractivity contribution >= 4 is 29.3 Å². The van der Waals surface area contributed by atoms with Crippen LogP contribution in [0.5, 0.6) is 0 Å². The fourth-order valence-electron chi connectivity index (χ4n) is 2.25. The van der Waals surface area contributed by atoms with Crippen LogP contribution in [0.4, 0.5) is 10.5 Å². The predicted octanol–water partition coefficient (Wildman–Crippen LogP) is 2.68. The molecule has 1 heterocycles. The van der Waals surface area contributed by atoms with Gasteiger partial charge in [0, 0.05) is 11.6 Å². The van der Waals surface area contributed by atoms with E-state index in [1.54, 1.807) is 4.90 Å². The van der Waals surface area contributed by atoms with Crippen LogP contribution >= 0.6 is 11.6 Å². The Morgan fingerprint density at radius 2 is 2.29 bits per heavy atom. The maximum atomic E-state index is 12.3. The number of nitrogens with one attached hydrogen (secondary N) is 1. The molecule has 0 saturated carbocycles. The molecule has 2 N–H and O–H groups in total. The van der Waals surface area contributed by atoms with Crippen LogP contribution in [0, 0.1) is 0 Å². The van der Waals surface area contributed by atoms with Gasteiger partial charge in [0.1, 0.15) is 0 Å². The number of benzene rings is 1. The number of carbonyl (C=O) groups excluding carboxylic acids is 1. The summed E-state index contributed by atoms with van der Waals surface area (Å²) < 4.78 is 5.35. The molecule has 1 atom stereocenters. The molecule has 1 aromatic rings. The van der Waals surface area contributed by atoms with Crippen molar-refractivity contribution < 1.29 is 19.4 Å². The molecule has 1 saturated heterocycles. The van der Waals surface area contributed by atoms with E-state index in [0.29, 0.717) is 24.8 Å². The zero-order valence-electron chi connectivity index (χ0n) is 11.6. The molecule has 0 aliphatic carbocycles. The van der Waals surface area contributed by atoms with Gasteiger partial charge in [0.25, 0.3) is 0 Å². The molecule has 0 aromatic heterocycles. The number of hydrogen-bond donors (Lipinski definition) is 2. The highest BCUT2D eigenvalue weighted by molar-refractivity contribution is 6.31. The molecule has 114 valence electrons. The minimum atomic E-state index is -1.11. The average Bonchev–Trinajstić information content (AvgIpc) is 2.46. The van der Waals surface area contributed by atoms with E-state index in [0.717, 1.165) is 6.42 Å². The SMILES string of the molecule is CCC1COCCN1C(=O)Nc1cc(Cl)ccc1C(=O)O. The summed E-state index contributed by atoms with van der Waals surface area (Å²) in [6.45, 7) is 3.42. The second-order valence-corrected chi connectivity index (χ2v) is 5.19. The molecular formula is C14H17ClN2O4. The molecule has 7 heteroatoms. The van der Waals surface area contributed by atoms with Crippen molar-refractivity contribution in [1.29, 1.82) is 0 Å². The molecule has 1 unspecified atom stereocenters. The van der Waals surface area contributed by atoms with Crippen LogP contribution in [0.2, 0.25) is 5.02 Å². The fourth-order valence-corrected chi connectivity index (χ4v) is 2.43. The first-order valence-electron chi connectivity index (χ1n) is 6.71. The number of morpholine rings is 1. The normalized spacial score (nSPS) is 18.4. The predicted molar refractivity (Wildman–Crippen MR) is 79.0 cm³/mol. The lowest BCUT2D eigenvalue weighted by Crippen LogP contribution is -2.50. The van der Waals surface area contributed by atoms with E-state index >= 15 is 0 Å². The number of ether oxygens (including phenoxy) is 1. The quantitative estimate of drug-likeness (QED) is 0.899. The Morgan fingerprint density at radius 1 is 1.52 bits per heavy atom. The molecule has 0 bridgehead atoms. The number of aromatic carboxylic acids is 1. The van der Waals surface area contributed by atoms with Gasteiger partial charge in [0.15, 0.2) is 0 Å². The molecule has 1 aliphatic heterocycles. The maximum Gasteiger partial charge on any atom is 0.337 e. The fraction of sp³-hybridized carbons (Fsp3) is 0.429. The van der Waals surface area contributed by atoms with Gasteiger partial charge in [-0.1, -0.05) is 18.5 Å². The van der Waals surface area contributed by atoms with Crippen molar-refractivity contribution in [3.63, 3.8) is 0 Å². The third-order valence-electron chi connectivity index (χ3n) is 3.41. The van der Waals surface area contributed by atoms with Crippen LogP contribution in [0.25, 0.3) is 0 Å². The second kappa shape index (κ2) is 6.78. The number of carbonyl (C=O) groups is 2. The van der Waals surface area contributed by atoms with E-state index in [2.05, 4.69) is 5.32 Å². The van der Waals surface area contributed by atoms with Gasteiger partial charge < -0.3 is 20.1 Å². The summed E-state index contributed by atoms with van der Waals surface area (Å²) in [4.78, 5) is 25.2. The van der Waals surface area contributed by atoms with Gasteiger partial charge in [-0.3, -0.25) is 0 Å². The van der Waals surface area contributed by atoms with Gasteiger partial charge in [-0.05, 0) is 24.6 Å². The Morgan fingerprint density at radius 3 is 2.95 bits per heavy atom. The van der Waals surface area contributed by atoms with E-state index in [1.807, 2.05) is 6.92 Å². The lowest BCUT2D eigenvalue weighted by Gasteiger charge is -2.35. The summed E-state index contributed by atoms with van der Waals surface area (Å²) in [7, 11) is 0. The molecule has 6 nitrogen and oxygen atoms in total. The smallest absolute Gasteiger partial charge is 0.337 e. The topological polar surface area (TPSA) is 78.9 Å². The van der Waals surface area contributed by atoms with Gasteiger partial charge in [-0.15, -0.1) is 0 Å². The standard InChI is InChI=1S/C14H17ClN2O4/c1-2-10-8-21-6-5-17(10)14(20)16-12-7-9(15)3-4-11(12)13(18)19/h3-4,7,10H,2,5-6,8H2,1H3,(H,16,20)(H,18,19). The number of amides is 2. The number of carboxylic acids is 1. The Hall–Kier alpha value is -1.79. The summed E-state index contributed by atoms with van der Waals surface area (Å²) in [5.41, 5.74) is 0.204. The molecule has 21 heavy (non-hydrogen) atoms. The third kappa shape index (κ3) is 3.65. The Bertz CT molecular complexity index is 550. The first kappa shape index (κ1) is 15.6. The summed E-state index contributed by atoms with van der Waals surface area (Å²) in [5.74, 6) is -1.11. The van der Waals surface area contributed by atoms with E-state index < -0.39 is 5.97 Å². The minimum Gasteiger partial charge on any atom is -0.478 e. The van der Waals surface area contributed by atoms with Gasteiger partial charge >= 0.3 is 12.0 Å². The molecule has 0 radical (unpaired) electrons. The Kier molecular flexibility index (Phi) is 5.03. The maximum absolute atomic E-state index is 12.3. The summed E-state index contributed by atoms with van der Waals surface area (Å²) in [6, 6.07) is 3.94. The van der Waals surface area contributed by atoms with E-state index in [-0.39, 0.29) is 23.3 Å². The van der Waals surface area contributed by atoms with Gasteiger partial charge in [0.2, 0.25) is 0 Å². The molecule has 0 spiro atoms. The molecule has 1 aliphatic rings. The zero-order valence-corrected chi connectivity index (χ0v) is 12.4. The number of halogens is 1. The molecule has 2 amide bonds. The van der Waals surface area contributed by atoms with Crippen LogP contribution in [0.3, 0.4) is 0 Å². The number of hydrogen-bond acceptors (Lipinski definition) is 3. The van der Waals surface area contributed by atoms with Crippen molar-refractivity contribution in [2.24, 2.45) is 0 Å².